The fourth-order valence-corrected chi connectivity index (χ4v) is 4.22. The minimum Gasteiger partial charge on any atom is -0.481 e. The van der Waals surface area contributed by atoms with Crippen molar-refractivity contribution in [3.63, 3.8) is 0 Å². The lowest BCUT2D eigenvalue weighted by atomic mass is 9.84. The Morgan fingerprint density at radius 2 is 2.10 bits per heavy atom. The van der Waals surface area contributed by atoms with Gasteiger partial charge in [-0.05, 0) is 69.1 Å². The van der Waals surface area contributed by atoms with Gasteiger partial charge >= 0.3 is 5.97 Å². The molecule has 0 bridgehead atoms. The summed E-state index contributed by atoms with van der Waals surface area (Å²) in [5.74, 6) is 0.470. The van der Waals surface area contributed by atoms with Crippen LogP contribution in [0.2, 0.25) is 0 Å². The van der Waals surface area contributed by atoms with Gasteiger partial charge in [0.25, 0.3) is 0 Å². The molecule has 156 valence electrons. The van der Waals surface area contributed by atoms with Gasteiger partial charge in [0.2, 0.25) is 0 Å². The molecular formula is C23H27N5O2. The van der Waals surface area contributed by atoms with Gasteiger partial charge in [-0.3, -0.25) is 14.5 Å². The van der Waals surface area contributed by atoms with Crippen molar-refractivity contribution in [2.24, 2.45) is 5.92 Å². The maximum absolute atomic E-state index is 11.4. The summed E-state index contributed by atoms with van der Waals surface area (Å²) in [6.07, 6.45) is 13.6. The number of hydrogen-bond donors (Lipinski definition) is 1. The van der Waals surface area contributed by atoms with Crippen LogP contribution in [0, 0.1) is 12.8 Å². The molecule has 3 aromatic rings. The second-order valence-electron chi connectivity index (χ2n) is 8.07. The maximum atomic E-state index is 11.4. The van der Waals surface area contributed by atoms with E-state index < -0.39 is 12.0 Å². The van der Waals surface area contributed by atoms with Crippen molar-refractivity contribution < 1.29 is 9.90 Å². The van der Waals surface area contributed by atoms with E-state index in [-0.39, 0.29) is 6.42 Å². The van der Waals surface area contributed by atoms with E-state index in [2.05, 4.69) is 26.1 Å². The molecule has 3 aromatic heterocycles. The van der Waals surface area contributed by atoms with Gasteiger partial charge in [-0.1, -0.05) is 6.07 Å². The van der Waals surface area contributed by atoms with Gasteiger partial charge in [0, 0.05) is 36.0 Å². The third-order valence-electron chi connectivity index (χ3n) is 5.87. The molecule has 0 radical (unpaired) electrons. The van der Waals surface area contributed by atoms with E-state index in [9.17, 15) is 9.90 Å². The number of rotatable bonds is 8. The van der Waals surface area contributed by atoms with E-state index in [1.165, 1.54) is 17.7 Å². The number of carbonyl (C=O) groups is 1. The Balaban J connectivity index is 1.36. The smallest absolute Gasteiger partial charge is 0.305 e. The number of fused-ring (bicyclic) bond motifs is 1. The number of aliphatic carboxylic acids is 1. The van der Waals surface area contributed by atoms with Crippen molar-refractivity contribution >= 4 is 5.97 Å². The second-order valence-corrected chi connectivity index (χ2v) is 8.07. The average Bonchev–Trinajstić information content (AvgIpc) is 3.21. The molecule has 3 heterocycles. The van der Waals surface area contributed by atoms with Gasteiger partial charge in [0.1, 0.15) is 5.82 Å². The maximum Gasteiger partial charge on any atom is 0.305 e. The van der Waals surface area contributed by atoms with Crippen LogP contribution < -0.4 is 0 Å². The normalized spacial score (nSPS) is 16.8. The molecule has 30 heavy (non-hydrogen) atoms. The summed E-state index contributed by atoms with van der Waals surface area (Å²) in [4.78, 5) is 24.3. The molecule has 7 nitrogen and oxygen atoms in total. The first-order chi connectivity index (χ1) is 14.6. The molecule has 2 atom stereocenters. The molecule has 0 aliphatic heterocycles. The van der Waals surface area contributed by atoms with E-state index in [1.807, 2.05) is 31.5 Å². The molecule has 4 rings (SSSR count). The number of carboxylic acid groups (broad SMARTS) is 1. The third-order valence-corrected chi connectivity index (χ3v) is 5.87. The monoisotopic (exact) mass is 405 g/mol. The van der Waals surface area contributed by atoms with Gasteiger partial charge in [0.15, 0.2) is 0 Å². The zero-order chi connectivity index (χ0) is 20.9. The summed E-state index contributed by atoms with van der Waals surface area (Å²) in [7, 11) is 0. The number of nitrogens with zero attached hydrogens (tertiary/aromatic N) is 5. The number of aromatic nitrogens is 5. The van der Waals surface area contributed by atoms with Crippen molar-refractivity contribution in [3.05, 3.63) is 71.3 Å². The first kappa shape index (κ1) is 20.2. The highest BCUT2D eigenvalue weighted by atomic mass is 16.4. The molecular weight excluding hydrogens is 378 g/mol. The van der Waals surface area contributed by atoms with E-state index in [1.54, 1.807) is 17.1 Å². The number of aryl methyl sites for hydroxylation is 3. The molecule has 0 unspecified atom stereocenters. The Labute approximate surface area is 176 Å². The lowest BCUT2D eigenvalue weighted by molar-refractivity contribution is -0.137. The first-order valence-corrected chi connectivity index (χ1v) is 10.6. The van der Waals surface area contributed by atoms with Gasteiger partial charge in [0.05, 0.1) is 18.2 Å². The summed E-state index contributed by atoms with van der Waals surface area (Å²) >= 11 is 0. The fourth-order valence-electron chi connectivity index (χ4n) is 4.22. The minimum absolute atomic E-state index is 0.0535. The van der Waals surface area contributed by atoms with Crippen molar-refractivity contribution in [1.82, 2.24) is 24.7 Å². The predicted octanol–water partition coefficient (Wildman–Crippen LogP) is 3.57. The van der Waals surface area contributed by atoms with E-state index in [0.29, 0.717) is 11.7 Å². The molecule has 0 fully saturated rings. The summed E-state index contributed by atoms with van der Waals surface area (Å²) < 4.78 is 1.73. The highest BCUT2D eigenvalue weighted by molar-refractivity contribution is 5.67. The highest BCUT2D eigenvalue weighted by Crippen LogP contribution is 2.27. The quantitative estimate of drug-likeness (QED) is 0.616. The van der Waals surface area contributed by atoms with Crippen LogP contribution in [0.3, 0.4) is 0 Å². The van der Waals surface area contributed by atoms with Crippen LogP contribution in [0.25, 0.3) is 0 Å². The van der Waals surface area contributed by atoms with Crippen LogP contribution in [-0.2, 0) is 24.1 Å². The number of pyridine rings is 1. The molecule has 1 N–H and O–H groups in total. The molecule has 1 aliphatic carbocycles. The van der Waals surface area contributed by atoms with E-state index >= 15 is 0 Å². The van der Waals surface area contributed by atoms with Crippen LogP contribution in [-0.4, -0.2) is 35.8 Å². The van der Waals surface area contributed by atoms with E-state index in [0.717, 1.165) is 43.4 Å². The fraction of sp³-hybridized carbons (Fsp3) is 0.435. The number of carboxylic acids is 1. The molecule has 7 heteroatoms. The van der Waals surface area contributed by atoms with Crippen molar-refractivity contribution in [2.75, 3.05) is 0 Å². The molecule has 0 saturated heterocycles. The van der Waals surface area contributed by atoms with Crippen LogP contribution in [0.15, 0.2) is 43.0 Å². The molecule has 0 aromatic carbocycles. The largest absolute Gasteiger partial charge is 0.481 e. The lowest BCUT2D eigenvalue weighted by Crippen LogP contribution is -2.17. The lowest BCUT2D eigenvalue weighted by Gasteiger charge is -2.23. The van der Waals surface area contributed by atoms with Gasteiger partial charge in [-0.2, -0.15) is 5.10 Å². The summed E-state index contributed by atoms with van der Waals surface area (Å²) in [6, 6.07) is 5.80. The summed E-state index contributed by atoms with van der Waals surface area (Å²) in [6.45, 7) is 1.81. The van der Waals surface area contributed by atoms with Crippen LogP contribution in [0.4, 0.5) is 0 Å². The molecule has 0 saturated carbocycles. The SMILES string of the molecule is Cc1ncc([C@H](CC(=O)O)n2ccc(CCC[C@@H]3CCc4cccnc4C3)n2)cn1. The van der Waals surface area contributed by atoms with Crippen LogP contribution in [0.1, 0.15) is 60.1 Å². The third kappa shape index (κ3) is 4.90. The first-order valence-electron chi connectivity index (χ1n) is 10.6. The zero-order valence-electron chi connectivity index (χ0n) is 17.2. The number of hydrogen-bond acceptors (Lipinski definition) is 5. The molecule has 0 amide bonds. The Hall–Kier alpha value is -3.09. The Bertz CT molecular complexity index is 999. The Morgan fingerprint density at radius 1 is 1.27 bits per heavy atom. The Morgan fingerprint density at radius 3 is 2.90 bits per heavy atom. The zero-order valence-corrected chi connectivity index (χ0v) is 17.2. The van der Waals surface area contributed by atoms with Crippen LogP contribution in [0.5, 0.6) is 0 Å². The topological polar surface area (TPSA) is 93.8 Å². The minimum atomic E-state index is -0.871. The average molecular weight is 406 g/mol. The molecule has 1 aliphatic rings. The predicted molar refractivity (Wildman–Crippen MR) is 112 cm³/mol. The van der Waals surface area contributed by atoms with Crippen molar-refractivity contribution in [3.8, 4) is 0 Å². The van der Waals surface area contributed by atoms with Gasteiger partial charge < -0.3 is 5.11 Å². The standard InChI is InChI=1S/C23H27N5O2/c1-16-25-14-19(15-26-16)22(13-23(29)30)28-11-9-20(27-28)6-2-4-17-7-8-18-5-3-10-24-21(18)12-17/h3,5,9-11,14-15,17,22H,2,4,6-8,12-13H2,1H3,(H,29,30)/t17-,22+/m1/s1. The van der Waals surface area contributed by atoms with E-state index in [4.69, 9.17) is 0 Å². The van der Waals surface area contributed by atoms with Gasteiger partial charge in [-0.25, -0.2) is 9.97 Å². The van der Waals surface area contributed by atoms with Crippen LogP contribution >= 0.6 is 0 Å². The highest BCUT2D eigenvalue weighted by Gasteiger charge is 2.21. The van der Waals surface area contributed by atoms with Crippen molar-refractivity contribution in [2.45, 2.75) is 57.9 Å². The Kier molecular flexibility index (Phi) is 6.16. The molecule has 0 spiro atoms. The van der Waals surface area contributed by atoms with Crippen molar-refractivity contribution in [1.29, 1.82) is 0 Å². The second kappa shape index (κ2) is 9.15. The summed E-state index contributed by atoms with van der Waals surface area (Å²) in [5.41, 5.74) is 4.41. The summed E-state index contributed by atoms with van der Waals surface area (Å²) in [5, 5.41) is 14.0. The van der Waals surface area contributed by atoms with Gasteiger partial charge in [-0.15, -0.1) is 0 Å².